The molecule has 1 aromatic rings. The predicted octanol–water partition coefficient (Wildman–Crippen LogP) is 1.06. The molecule has 3 heteroatoms. The van der Waals surface area contributed by atoms with Gasteiger partial charge in [-0.15, -0.1) is 0 Å². The molecule has 1 radical (unpaired) electrons. The maximum Gasteiger partial charge on any atom is 0.216 e. The van der Waals surface area contributed by atoms with Crippen LogP contribution in [0.3, 0.4) is 0 Å². The van der Waals surface area contributed by atoms with Gasteiger partial charge < -0.3 is 4.74 Å². The van der Waals surface area contributed by atoms with Gasteiger partial charge in [-0.05, 0) is 0 Å². The zero-order chi connectivity index (χ0) is 7.40. The van der Waals surface area contributed by atoms with E-state index in [1.54, 1.807) is 13.2 Å². The first-order valence-electron chi connectivity index (χ1n) is 3.02. The normalized spacial score (nSPS) is 9.40. The molecule has 0 amide bonds. The Balaban J connectivity index is 2.87. The molecule has 0 atom stereocenters. The minimum Gasteiger partial charge on any atom is -0.481 e. The van der Waals surface area contributed by atoms with Crippen LogP contribution in [0.4, 0.5) is 0 Å². The fourth-order valence-electron chi connectivity index (χ4n) is 0.623. The van der Waals surface area contributed by atoms with Crippen molar-refractivity contribution in [2.24, 2.45) is 0 Å². The van der Waals surface area contributed by atoms with Gasteiger partial charge in [-0.3, -0.25) is 0 Å². The Morgan fingerprint density at radius 3 is 2.90 bits per heavy atom. The Labute approximate surface area is 60.1 Å². The summed E-state index contributed by atoms with van der Waals surface area (Å²) in [5.41, 5.74) is 0.881. The van der Waals surface area contributed by atoms with Crippen molar-refractivity contribution in [1.82, 2.24) is 9.97 Å². The second kappa shape index (κ2) is 3.15. The molecule has 0 aromatic carbocycles. The maximum atomic E-state index is 4.89. The van der Waals surface area contributed by atoms with Crippen molar-refractivity contribution in [3.8, 4) is 5.88 Å². The van der Waals surface area contributed by atoms with E-state index in [1.807, 2.05) is 13.3 Å². The lowest BCUT2D eigenvalue weighted by Gasteiger charge is -1.97. The maximum absolute atomic E-state index is 4.89. The number of methoxy groups -OCH3 is 1. The highest BCUT2D eigenvalue weighted by Gasteiger charge is 1.93. The van der Waals surface area contributed by atoms with Crippen LogP contribution in [0.5, 0.6) is 5.88 Å². The minimum absolute atomic E-state index is 0.600. The third kappa shape index (κ3) is 1.43. The third-order valence-corrected chi connectivity index (χ3v) is 1.17. The lowest BCUT2D eigenvalue weighted by atomic mass is 10.3. The molecule has 0 aliphatic carbocycles. The van der Waals surface area contributed by atoms with E-state index >= 15 is 0 Å². The first-order chi connectivity index (χ1) is 4.86. The number of nitrogens with zero attached hydrogens (tertiary/aromatic N) is 2. The predicted molar refractivity (Wildman–Crippen MR) is 37.7 cm³/mol. The van der Waals surface area contributed by atoms with E-state index in [9.17, 15) is 0 Å². The van der Waals surface area contributed by atoms with Gasteiger partial charge in [0.05, 0.1) is 12.8 Å². The van der Waals surface area contributed by atoms with E-state index in [0.29, 0.717) is 5.88 Å². The van der Waals surface area contributed by atoms with Crippen molar-refractivity contribution in [2.75, 3.05) is 7.11 Å². The minimum atomic E-state index is 0.600. The highest BCUT2D eigenvalue weighted by Crippen LogP contribution is 2.06. The highest BCUT2D eigenvalue weighted by atomic mass is 16.5. The first-order valence-corrected chi connectivity index (χ1v) is 3.02. The quantitative estimate of drug-likeness (QED) is 0.611. The smallest absolute Gasteiger partial charge is 0.216 e. The lowest BCUT2D eigenvalue weighted by Crippen LogP contribution is -1.91. The standard InChI is InChI=1S/C7H9N2O/c1-3-6-4-7(10-2)9-5-8-6/h3-5H,1-2H3. The van der Waals surface area contributed by atoms with Crippen molar-refractivity contribution in [3.63, 3.8) is 0 Å². The molecule has 0 saturated heterocycles. The molecule has 0 bridgehead atoms. The number of aromatic nitrogens is 2. The molecule has 0 aliphatic rings. The third-order valence-electron chi connectivity index (χ3n) is 1.17. The molecule has 10 heavy (non-hydrogen) atoms. The van der Waals surface area contributed by atoms with Gasteiger partial charge in [0.2, 0.25) is 5.88 Å². The van der Waals surface area contributed by atoms with Gasteiger partial charge in [-0.25, -0.2) is 9.97 Å². The summed E-state index contributed by atoms with van der Waals surface area (Å²) in [6, 6.07) is 1.78. The van der Waals surface area contributed by atoms with E-state index in [1.165, 1.54) is 6.33 Å². The Morgan fingerprint density at radius 1 is 1.50 bits per heavy atom. The zero-order valence-corrected chi connectivity index (χ0v) is 6.03. The Hall–Kier alpha value is -1.12. The van der Waals surface area contributed by atoms with Crippen molar-refractivity contribution in [3.05, 3.63) is 24.5 Å². The van der Waals surface area contributed by atoms with Crippen molar-refractivity contribution < 1.29 is 4.74 Å². The molecular formula is C7H9N2O. The summed E-state index contributed by atoms with van der Waals surface area (Å²) in [6.45, 7) is 1.92. The van der Waals surface area contributed by atoms with Crippen LogP contribution in [-0.2, 0) is 0 Å². The average molecular weight is 137 g/mol. The Kier molecular flexibility index (Phi) is 2.20. The van der Waals surface area contributed by atoms with Gasteiger partial charge >= 0.3 is 0 Å². The van der Waals surface area contributed by atoms with Gasteiger partial charge in [0, 0.05) is 12.5 Å². The van der Waals surface area contributed by atoms with Crippen LogP contribution in [0.2, 0.25) is 0 Å². The fourth-order valence-corrected chi connectivity index (χ4v) is 0.623. The van der Waals surface area contributed by atoms with E-state index in [4.69, 9.17) is 4.74 Å². The molecule has 0 aliphatic heterocycles. The molecule has 0 unspecified atom stereocenters. The van der Waals surface area contributed by atoms with Gasteiger partial charge in [-0.1, -0.05) is 6.92 Å². The number of hydrogen-bond donors (Lipinski definition) is 0. The summed E-state index contributed by atoms with van der Waals surface area (Å²) in [6.07, 6.45) is 3.37. The van der Waals surface area contributed by atoms with Crippen LogP contribution in [0, 0.1) is 6.42 Å². The van der Waals surface area contributed by atoms with E-state index in [2.05, 4.69) is 9.97 Å². The van der Waals surface area contributed by atoms with Gasteiger partial charge in [0.1, 0.15) is 6.33 Å². The molecule has 1 aromatic heterocycles. The summed E-state index contributed by atoms with van der Waals surface area (Å²) >= 11 is 0. The molecule has 0 N–H and O–H groups in total. The number of rotatable bonds is 2. The van der Waals surface area contributed by atoms with Crippen molar-refractivity contribution in [2.45, 2.75) is 6.92 Å². The second-order valence-electron chi connectivity index (χ2n) is 1.77. The van der Waals surface area contributed by atoms with Crippen LogP contribution in [0.15, 0.2) is 12.4 Å². The Morgan fingerprint density at radius 2 is 2.30 bits per heavy atom. The van der Waals surface area contributed by atoms with Crippen LogP contribution in [-0.4, -0.2) is 17.1 Å². The van der Waals surface area contributed by atoms with Crippen LogP contribution >= 0.6 is 0 Å². The molecule has 1 rings (SSSR count). The number of ether oxygens (including phenoxy) is 1. The van der Waals surface area contributed by atoms with Crippen molar-refractivity contribution in [1.29, 1.82) is 0 Å². The molecular weight excluding hydrogens is 128 g/mol. The van der Waals surface area contributed by atoms with Gasteiger partial charge in [0.15, 0.2) is 0 Å². The largest absolute Gasteiger partial charge is 0.481 e. The van der Waals surface area contributed by atoms with Crippen molar-refractivity contribution >= 4 is 0 Å². The van der Waals surface area contributed by atoms with Crippen LogP contribution in [0.1, 0.15) is 12.6 Å². The van der Waals surface area contributed by atoms with E-state index < -0.39 is 0 Å². The van der Waals surface area contributed by atoms with Crippen LogP contribution in [0.25, 0.3) is 0 Å². The Bertz CT molecular complexity index is 193. The summed E-state index contributed by atoms with van der Waals surface area (Å²) in [5, 5.41) is 0. The summed E-state index contributed by atoms with van der Waals surface area (Å²) in [5.74, 6) is 0.600. The number of hydrogen-bond acceptors (Lipinski definition) is 3. The monoisotopic (exact) mass is 137 g/mol. The average Bonchev–Trinajstić information content (AvgIpc) is 2.05. The lowest BCUT2D eigenvalue weighted by molar-refractivity contribution is 0.396. The topological polar surface area (TPSA) is 35.0 Å². The molecule has 3 nitrogen and oxygen atoms in total. The molecule has 1 heterocycles. The van der Waals surface area contributed by atoms with E-state index in [0.717, 1.165) is 5.69 Å². The highest BCUT2D eigenvalue weighted by molar-refractivity contribution is 5.18. The fraction of sp³-hybridized carbons (Fsp3) is 0.286. The van der Waals surface area contributed by atoms with Gasteiger partial charge in [-0.2, -0.15) is 0 Å². The van der Waals surface area contributed by atoms with E-state index in [-0.39, 0.29) is 0 Å². The SMILES string of the molecule is C[CH]c1cc(OC)ncn1. The van der Waals surface area contributed by atoms with Gasteiger partial charge in [0.25, 0.3) is 0 Å². The molecule has 53 valence electrons. The molecule has 0 saturated carbocycles. The van der Waals surface area contributed by atoms with Crippen LogP contribution < -0.4 is 4.74 Å². The first kappa shape index (κ1) is 6.99. The molecule has 0 spiro atoms. The summed E-state index contributed by atoms with van der Waals surface area (Å²) in [7, 11) is 1.59. The zero-order valence-electron chi connectivity index (χ0n) is 6.03. The molecule has 0 fully saturated rings. The summed E-state index contributed by atoms with van der Waals surface area (Å²) in [4.78, 5) is 7.81. The summed E-state index contributed by atoms with van der Waals surface area (Å²) < 4.78 is 4.89. The second-order valence-corrected chi connectivity index (χ2v) is 1.77.